The summed E-state index contributed by atoms with van der Waals surface area (Å²) >= 11 is 6.11. The third-order valence-electron chi connectivity index (χ3n) is 3.97. The average Bonchev–Trinajstić information content (AvgIpc) is 2.71. The fraction of sp³-hybridized carbons (Fsp3) is 0.562. The van der Waals surface area contributed by atoms with E-state index < -0.39 is 0 Å². The highest BCUT2D eigenvalue weighted by Crippen LogP contribution is 2.20. The third kappa shape index (κ3) is 3.97. The highest BCUT2D eigenvalue weighted by atomic mass is 35.5. The molecular formula is C16H22ClNO2. The molecule has 20 heavy (non-hydrogen) atoms. The number of hydrogen-bond acceptors (Lipinski definition) is 2. The summed E-state index contributed by atoms with van der Waals surface area (Å²) in [5.74, 6) is 0.130. The summed E-state index contributed by atoms with van der Waals surface area (Å²) in [5, 5.41) is 10.2. The van der Waals surface area contributed by atoms with Crippen LogP contribution in [0, 0.1) is 0 Å². The van der Waals surface area contributed by atoms with Crippen molar-refractivity contribution < 1.29 is 9.90 Å². The van der Waals surface area contributed by atoms with Gasteiger partial charge in [0.15, 0.2) is 0 Å². The van der Waals surface area contributed by atoms with Crippen LogP contribution in [0.1, 0.15) is 37.7 Å². The third-order valence-corrected chi connectivity index (χ3v) is 4.34. The second kappa shape index (κ2) is 7.65. The number of nitrogens with zero attached hydrogens (tertiary/aromatic N) is 1. The number of aryl methyl sites for hydroxylation is 1. The summed E-state index contributed by atoms with van der Waals surface area (Å²) in [4.78, 5) is 14.2. The Bertz CT molecular complexity index is 450. The topological polar surface area (TPSA) is 40.5 Å². The predicted octanol–water partition coefficient (Wildman–Crippen LogP) is 3.04. The van der Waals surface area contributed by atoms with Gasteiger partial charge in [0, 0.05) is 18.0 Å². The Morgan fingerprint density at radius 3 is 2.85 bits per heavy atom. The van der Waals surface area contributed by atoms with Crippen LogP contribution in [0.2, 0.25) is 5.02 Å². The summed E-state index contributed by atoms with van der Waals surface area (Å²) in [6.45, 7) is 0.838. The molecule has 1 atom stereocenters. The van der Waals surface area contributed by atoms with Gasteiger partial charge >= 0.3 is 0 Å². The molecule has 1 amide bonds. The van der Waals surface area contributed by atoms with Gasteiger partial charge in [-0.3, -0.25) is 4.79 Å². The lowest BCUT2D eigenvalue weighted by atomic mass is 10.1. The Morgan fingerprint density at radius 1 is 1.30 bits per heavy atom. The zero-order chi connectivity index (χ0) is 14.4. The minimum absolute atomic E-state index is 0.00348. The summed E-state index contributed by atoms with van der Waals surface area (Å²) in [6.07, 6.45) is 5.31. The molecule has 0 saturated carbocycles. The molecule has 0 aromatic heterocycles. The molecule has 1 aliphatic rings. The quantitative estimate of drug-likeness (QED) is 0.927. The summed E-state index contributed by atoms with van der Waals surface area (Å²) in [5.41, 5.74) is 1.01. The number of carbonyl (C=O) groups excluding carboxylic acids is 1. The van der Waals surface area contributed by atoms with E-state index in [9.17, 15) is 9.90 Å². The first-order chi connectivity index (χ1) is 9.72. The summed E-state index contributed by atoms with van der Waals surface area (Å²) in [6, 6.07) is 7.64. The smallest absolute Gasteiger partial charge is 0.223 e. The van der Waals surface area contributed by atoms with Crippen molar-refractivity contribution in [3.63, 3.8) is 0 Å². The van der Waals surface area contributed by atoms with Crippen LogP contribution < -0.4 is 0 Å². The number of rotatable bonds is 4. The molecule has 1 N–H and O–H groups in total. The van der Waals surface area contributed by atoms with E-state index in [1.165, 1.54) is 0 Å². The van der Waals surface area contributed by atoms with Crippen LogP contribution in [-0.4, -0.2) is 35.1 Å². The second-order valence-electron chi connectivity index (χ2n) is 5.36. The van der Waals surface area contributed by atoms with Crippen molar-refractivity contribution in [2.75, 3.05) is 13.2 Å². The lowest BCUT2D eigenvalue weighted by molar-refractivity contribution is -0.134. The lowest BCUT2D eigenvalue weighted by Gasteiger charge is -2.28. The molecule has 4 heteroatoms. The molecule has 2 rings (SSSR count). The molecule has 1 aliphatic heterocycles. The standard InChI is InChI=1S/C16H22ClNO2/c17-15-8-4-3-6-13(15)9-10-16(20)18-11-5-1-2-7-14(18)12-19/h3-4,6,8,14,19H,1-2,5,7,9-12H2. The first kappa shape index (κ1) is 15.3. The number of amides is 1. The maximum Gasteiger partial charge on any atom is 0.223 e. The van der Waals surface area contributed by atoms with E-state index in [1.54, 1.807) is 0 Å². The van der Waals surface area contributed by atoms with Crippen LogP contribution in [0.15, 0.2) is 24.3 Å². The normalized spacial score (nSPS) is 19.7. The van der Waals surface area contributed by atoms with Gasteiger partial charge in [0.1, 0.15) is 0 Å². The fourth-order valence-electron chi connectivity index (χ4n) is 2.78. The van der Waals surface area contributed by atoms with Crippen LogP contribution in [0.25, 0.3) is 0 Å². The Hall–Kier alpha value is -1.06. The first-order valence-corrected chi connectivity index (χ1v) is 7.74. The average molecular weight is 296 g/mol. The Balaban J connectivity index is 1.94. The molecule has 1 aromatic rings. The number of halogens is 1. The van der Waals surface area contributed by atoms with Gasteiger partial charge in [0.05, 0.1) is 12.6 Å². The minimum atomic E-state index is -0.00348. The molecule has 0 spiro atoms. The summed E-state index contributed by atoms with van der Waals surface area (Å²) in [7, 11) is 0. The second-order valence-corrected chi connectivity index (χ2v) is 5.77. The van der Waals surface area contributed by atoms with Gasteiger partial charge in [-0.2, -0.15) is 0 Å². The number of aliphatic hydroxyl groups is 1. The minimum Gasteiger partial charge on any atom is -0.394 e. The van der Waals surface area contributed by atoms with Crippen molar-refractivity contribution in [3.05, 3.63) is 34.9 Å². The highest BCUT2D eigenvalue weighted by molar-refractivity contribution is 6.31. The van der Waals surface area contributed by atoms with E-state index in [1.807, 2.05) is 29.2 Å². The van der Waals surface area contributed by atoms with Gasteiger partial charge in [-0.15, -0.1) is 0 Å². The van der Waals surface area contributed by atoms with Crippen molar-refractivity contribution in [2.24, 2.45) is 0 Å². The van der Waals surface area contributed by atoms with Crippen LogP contribution in [0.5, 0.6) is 0 Å². The van der Waals surface area contributed by atoms with Crippen molar-refractivity contribution >= 4 is 17.5 Å². The Labute approximate surface area is 125 Å². The monoisotopic (exact) mass is 295 g/mol. The number of hydrogen-bond donors (Lipinski definition) is 1. The zero-order valence-electron chi connectivity index (χ0n) is 11.7. The van der Waals surface area contributed by atoms with E-state index in [0.29, 0.717) is 12.8 Å². The lowest BCUT2D eigenvalue weighted by Crippen LogP contribution is -2.42. The van der Waals surface area contributed by atoms with Crippen molar-refractivity contribution in [2.45, 2.75) is 44.6 Å². The molecule has 0 radical (unpaired) electrons. The van der Waals surface area contributed by atoms with Crippen molar-refractivity contribution in [3.8, 4) is 0 Å². The van der Waals surface area contributed by atoms with Gasteiger partial charge < -0.3 is 10.0 Å². The molecule has 1 aromatic carbocycles. The van der Waals surface area contributed by atoms with Gasteiger partial charge in [-0.05, 0) is 30.9 Å². The predicted molar refractivity (Wildman–Crippen MR) is 80.8 cm³/mol. The number of aliphatic hydroxyl groups excluding tert-OH is 1. The van der Waals surface area contributed by atoms with Gasteiger partial charge in [0.2, 0.25) is 5.91 Å². The van der Waals surface area contributed by atoms with Gasteiger partial charge in [-0.1, -0.05) is 42.6 Å². The van der Waals surface area contributed by atoms with Crippen molar-refractivity contribution in [1.29, 1.82) is 0 Å². The van der Waals surface area contributed by atoms with Crippen LogP contribution >= 0.6 is 11.6 Å². The molecule has 0 aliphatic carbocycles. The largest absolute Gasteiger partial charge is 0.394 e. The molecular weight excluding hydrogens is 274 g/mol. The summed E-state index contributed by atoms with van der Waals surface area (Å²) < 4.78 is 0. The highest BCUT2D eigenvalue weighted by Gasteiger charge is 2.24. The van der Waals surface area contributed by atoms with E-state index in [-0.39, 0.29) is 18.6 Å². The van der Waals surface area contributed by atoms with E-state index in [4.69, 9.17) is 11.6 Å². The van der Waals surface area contributed by atoms with E-state index in [2.05, 4.69) is 0 Å². The maximum atomic E-state index is 12.4. The SMILES string of the molecule is O=C(CCc1ccccc1Cl)N1CCCCCC1CO. The van der Waals surface area contributed by atoms with Crippen LogP contribution in [-0.2, 0) is 11.2 Å². The van der Waals surface area contributed by atoms with Crippen LogP contribution in [0.3, 0.4) is 0 Å². The van der Waals surface area contributed by atoms with Gasteiger partial charge in [0.25, 0.3) is 0 Å². The molecule has 0 bridgehead atoms. The first-order valence-electron chi connectivity index (χ1n) is 7.36. The molecule has 1 unspecified atom stereocenters. The number of likely N-dealkylation sites (tertiary alicyclic amines) is 1. The maximum absolute atomic E-state index is 12.4. The molecule has 1 heterocycles. The number of benzene rings is 1. The van der Waals surface area contributed by atoms with E-state index in [0.717, 1.165) is 42.8 Å². The molecule has 1 fully saturated rings. The molecule has 110 valence electrons. The fourth-order valence-corrected chi connectivity index (χ4v) is 3.01. The van der Waals surface area contributed by atoms with Crippen LogP contribution in [0.4, 0.5) is 0 Å². The molecule has 1 saturated heterocycles. The Morgan fingerprint density at radius 2 is 2.10 bits per heavy atom. The van der Waals surface area contributed by atoms with Gasteiger partial charge in [-0.25, -0.2) is 0 Å². The number of carbonyl (C=O) groups is 1. The zero-order valence-corrected chi connectivity index (χ0v) is 12.5. The van der Waals surface area contributed by atoms with Crippen molar-refractivity contribution in [1.82, 2.24) is 4.90 Å². The van der Waals surface area contributed by atoms with E-state index >= 15 is 0 Å². The molecule has 3 nitrogen and oxygen atoms in total. The Kier molecular flexibility index (Phi) is 5.86.